The van der Waals surface area contributed by atoms with E-state index in [-0.39, 0.29) is 0 Å². The van der Waals surface area contributed by atoms with E-state index in [0.717, 1.165) is 13.1 Å². The summed E-state index contributed by atoms with van der Waals surface area (Å²) in [5.74, 6) is 1.27. The molecule has 5 nitrogen and oxygen atoms in total. The van der Waals surface area contributed by atoms with E-state index in [4.69, 9.17) is 10.3 Å². The van der Waals surface area contributed by atoms with Crippen molar-refractivity contribution in [3.05, 3.63) is 11.7 Å². The van der Waals surface area contributed by atoms with Crippen LogP contribution in [0.2, 0.25) is 0 Å². The second-order valence-electron chi connectivity index (χ2n) is 6.09. The zero-order valence-corrected chi connectivity index (χ0v) is 12.4. The lowest BCUT2D eigenvalue weighted by Gasteiger charge is -2.32. The van der Waals surface area contributed by atoms with Crippen LogP contribution in [0.15, 0.2) is 4.52 Å². The van der Waals surface area contributed by atoms with Gasteiger partial charge < -0.3 is 10.3 Å². The van der Waals surface area contributed by atoms with Crippen LogP contribution < -0.4 is 5.73 Å². The van der Waals surface area contributed by atoms with E-state index in [0.29, 0.717) is 17.8 Å². The van der Waals surface area contributed by atoms with Gasteiger partial charge in [0.25, 0.3) is 0 Å². The summed E-state index contributed by atoms with van der Waals surface area (Å²) < 4.78 is 5.33. The average Bonchev–Trinajstić information content (AvgIpc) is 2.85. The molecule has 108 valence electrons. The molecular formula is C14H26N4O. The minimum Gasteiger partial charge on any atom is -0.338 e. The lowest BCUT2D eigenvalue weighted by Crippen LogP contribution is -2.36. The molecule has 1 fully saturated rings. The zero-order valence-electron chi connectivity index (χ0n) is 12.4. The highest BCUT2D eigenvalue weighted by molar-refractivity contribution is 4.99. The molecule has 5 heteroatoms. The number of hydrogen-bond acceptors (Lipinski definition) is 5. The van der Waals surface area contributed by atoms with Gasteiger partial charge in [-0.3, -0.25) is 4.90 Å². The Labute approximate surface area is 115 Å². The maximum Gasteiger partial charge on any atom is 0.240 e. The summed E-state index contributed by atoms with van der Waals surface area (Å²) in [5.41, 5.74) is 5.44. The van der Waals surface area contributed by atoms with Gasteiger partial charge in [-0.05, 0) is 33.2 Å². The molecule has 0 spiro atoms. The van der Waals surface area contributed by atoms with E-state index < -0.39 is 5.54 Å². The Kier molecular flexibility index (Phi) is 4.58. The number of hydrogen-bond donors (Lipinski definition) is 1. The molecule has 0 bridgehead atoms. The van der Waals surface area contributed by atoms with Crippen LogP contribution >= 0.6 is 0 Å². The quantitative estimate of drug-likeness (QED) is 0.886. The standard InChI is InChI=1S/C14H26N4O/c1-4-18(11-8-6-5-7-9-11)10-12-16-13(17-19-12)14(2,3)15/h11H,4-10,15H2,1-3H3. The fraction of sp³-hybridized carbons (Fsp3) is 0.857. The van der Waals surface area contributed by atoms with E-state index in [1.165, 1.54) is 32.1 Å². The van der Waals surface area contributed by atoms with Crippen molar-refractivity contribution >= 4 is 0 Å². The van der Waals surface area contributed by atoms with Crippen molar-refractivity contribution in [2.24, 2.45) is 5.73 Å². The SMILES string of the molecule is CCN(Cc1nc(C(C)(C)N)no1)C1CCCCC1. The molecular weight excluding hydrogens is 240 g/mol. The predicted molar refractivity (Wildman–Crippen MR) is 74.5 cm³/mol. The predicted octanol–water partition coefficient (Wildman–Crippen LogP) is 2.42. The highest BCUT2D eigenvalue weighted by Crippen LogP contribution is 2.24. The summed E-state index contributed by atoms with van der Waals surface area (Å²) >= 11 is 0. The van der Waals surface area contributed by atoms with Gasteiger partial charge in [-0.2, -0.15) is 4.98 Å². The van der Waals surface area contributed by atoms with Crippen LogP contribution in [-0.2, 0) is 12.1 Å². The summed E-state index contributed by atoms with van der Waals surface area (Å²) in [5, 5.41) is 3.98. The van der Waals surface area contributed by atoms with Crippen molar-refractivity contribution in [1.29, 1.82) is 0 Å². The molecule has 0 aromatic carbocycles. The smallest absolute Gasteiger partial charge is 0.240 e. The summed E-state index contributed by atoms with van der Waals surface area (Å²) in [7, 11) is 0. The van der Waals surface area contributed by atoms with E-state index in [1.807, 2.05) is 13.8 Å². The summed E-state index contributed by atoms with van der Waals surface area (Å²) in [6, 6.07) is 0.667. The second kappa shape index (κ2) is 6.01. The Balaban J connectivity index is 1.99. The molecule has 1 saturated carbocycles. The zero-order chi connectivity index (χ0) is 13.9. The van der Waals surface area contributed by atoms with Gasteiger partial charge >= 0.3 is 0 Å². The monoisotopic (exact) mass is 266 g/mol. The van der Waals surface area contributed by atoms with Gasteiger partial charge in [0, 0.05) is 6.04 Å². The Bertz CT molecular complexity index is 390. The summed E-state index contributed by atoms with van der Waals surface area (Å²) in [6.45, 7) is 7.73. The topological polar surface area (TPSA) is 68.2 Å². The van der Waals surface area contributed by atoms with Gasteiger partial charge in [-0.1, -0.05) is 31.3 Å². The van der Waals surface area contributed by atoms with Crippen LogP contribution in [0.1, 0.15) is 64.6 Å². The molecule has 0 radical (unpaired) electrons. The maximum absolute atomic E-state index is 5.98. The van der Waals surface area contributed by atoms with Crippen molar-refractivity contribution in [3.63, 3.8) is 0 Å². The van der Waals surface area contributed by atoms with Crippen LogP contribution in [0.5, 0.6) is 0 Å². The lowest BCUT2D eigenvalue weighted by atomic mass is 9.94. The molecule has 1 aromatic heterocycles. The Morgan fingerprint density at radius 1 is 1.32 bits per heavy atom. The van der Waals surface area contributed by atoms with E-state index in [9.17, 15) is 0 Å². The largest absolute Gasteiger partial charge is 0.338 e. The first-order valence-electron chi connectivity index (χ1n) is 7.36. The van der Waals surface area contributed by atoms with Gasteiger partial charge in [0.2, 0.25) is 5.89 Å². The van der Waals surface area contributed by atoms with Gasteiger partial charge in [-0.25, -0.2) is 0 Å². The summed E-state index contributed by atoms with van der Waals surface area (Å²) in [4.78, 5) is 6.86. The van der Waals surface area contributed by atoms with Crippen LogP contribution in [0.25, 0.3) is 0 Å². The fourth-order valence-electron chi connectivity index (χ4n) is 2.70. The average molecular weight is 266 g/mol. The minimum atomic E-state index is -0.538. The second-order valence-corrected chi connectivity index (χ2v) is 6.09. The molecule has 2 N–H and O–H groups in total. The molecule has 0 aliphatic heterocycles. The van der Waals surface area contributed by atoms with E-state index >= 15 is 0 Å². The molecule has 1 heterocycles. The minimum absolute atomic E-state index is 0.538. The molecule has 1 aliphatic carbocycles. The Hall–Kier alpha value is -0.940. The van der Waals surface area contributed by atoms with Crippen molar-refractivity contribution in [2.45, 2.75) is 71.0 Å². The van der Waals surface area contributed by atoms with Crippen molar-refractivity contribution in [3.8, 4) is 0 Å². The third-order valence-corrected chi connectivity index (χ3v) is 3.88. The molecule has 0 amide bonds. The van der Waals surface area contributed by atoms with Crippen molar-refractivity contribution in [2.75, 3.05) is 6.54 Å². The molecule has 1 aromatic rings. The summed E-state index contributed by atoms with van der Waals surface area (Å²) in [6.07, 6.45) is 6.63. The first-order chi connectivity index (χ1) is 9.00. The molecule has 0 unspecified atom stereocenters. The molecule has 2 rings (SSSR count). The highest BCUT2D eigenvalue weighted by Gasteiger charge is 2.24. The van der Waals surface area contributed by atoms with Gasteiger partial charge in [0.05, 0.1) is 12.1 Å². The van der Waals surface area contributed by atoms with E-state index in [1.54, 1.807) is 0 Å². The number of rotatable bonds is 5. The third-order valence-electron chi connectivity index (χ3n) is 3.88. The van der Waals surface area contributed by atoms with Gasteiger partial charge in [0.1, 0.15) is 0 Å². The fourth-order valence-corrected chi connectivity index (χ4v) is 2.70. The van der Waals surface area contributed by atoms with Gasteiger partial charge in [-0.15, -0.1) is 0 Å². The normalized spacial score (nSPS) is 18.2. The highest BCUT2D eigenvalue weighted by atomic mass is 16.5. The van der Waals surface area contributed by atoms with Crippen LogP contribution in [0.3, 0.4) is 0 Å². The Morgan fingerprint density at radius 2 is 2.00 bits per heavy atom. The lowest BCUT2D eigenvalue weighted by molar-refractivity contribution is 0.138. The Morgan fingerprint density at radius 3 is 2.53 bits per heavy atom. The van der Waals surface area contributed by atoms with Gasteiger partial charge in [0.15, 0.2) is 5.82 Å². The van der Waals surface area contributed by atoms with Crippen molar-refractivity contribution < 1.29 is 4.52 Å². The van der Waals surface area contributed by atoms with Crippen LogP contribution in [0.4, 0.5) is 0 Å². The van der Waals surface area contributed by atoms with Crippen molar-refractivity contribution in [1.82, 2.24) is 15.0 Å². The molecule has 1 aliphatic rings. The number of aromatic nitrogens is 2. The maximum atomic E-state index is 5.98. The molecule has 0 saturated heterocycles. The van der Waals surface area contributed by atoms with E-state index in [2.05, 4.69) is 22.0 Å². The number of nitrogens with zero attached hydrogens (tertiary/aromatic N) is 3. The first-order valence-corrected chi connectivity index (χ1v) is 7.36. The number of nitrogens with two attached hydrogens (primary N) is 1. The van der Waals surface area contributed by atoms with Crippen LogP contribution in [0, 0.1) is 0 Å². The first kappa shape index (κ1) is 14.5. The third kappa shape index (κ3) is 3.76. The van der Waals surface area contributed by atoms with Crippen LogP contribution in [-0.4, -0.2) is 27.6 Å². The molecule has 0 atom stereocenters. The molecule has 19 heavy (non-hydrogen) atoms.